The minimum Gasteiger partial charge on any atom is -0.280 e. The number of H-pyrrole nitrogens is 1. The van der Waals surface area contributed by atoms with Gasteiger partial charge in [-0.05, 0) is 24.8 Å². The van der Waals surface area contributed by atoms with Crippen LogP contribution in [0.15, 0.2) is 30.5 Å². The monoisotopic (exact) mass is 336 g/mol. The molecular weight excluding hydrogens is 320 g/mol. The molecule has 0 saturated carbocycles. The lowest BCUT2D eigenvalue weighted by Gasteiger charge is -2.27. The molecule has 3 rings (SSSR count). The quantitative estimate of drug-likeness (QED) is 0.659. The van der Waals surface area contributed by atoms with Crippen molar-refractivity contribution in [3.8, 4) is 0 Å². The van der Waals surface area contributed by atoms with Crippen molar-refractivity contribution in [1.82, 2.24) is 10.2 Å². The molecule has 0 unspecified atom stereocenters. The SMILES string of the molecule is O=[N+]([O-])c1ccc(CCS(=O)(=O)N2CCCc3[nH]ncc32)cc1. The van der Waals surface area contributed by atoms with Gasteiger partial charge in [0.25, 0.3) is 5.69 Å². The first-order valence-electron chi connectivity index (χ1n) is 7.23. The Balaban J connectivity index is 1.71. The van der Waals surface area contributed by atoms with Crippen molar-refractivity contribution in [2.24, 2.45) is 0 Å². The summed E-state index contributed by atoms with van der Waals surface area (Å²) in [6.07, 6.45) is 3.40. The summed E-state index contributed by atoms with van der Waals surface area (Å²) in [6, 6.07) is 5.95. The summed E-state index contributed by atoms with van der Waals surface area (Å²) < 4.78 is 26.5. The molecule has 0 saturated heterocycles. The van der Waals surface area contributed by atoms with Gasteiger partial charge in [-0.2, -0.15) is 5.10 Å². The normalized spacial score (nSPS) is 14.5. The fourth-order valence-corrected chi connectivity index (χ4v) is 4.23. The molecule has 9 heteroatoms. The van der Waals surface area contributed by atoms with Gasteiger partial charge in [0.15, 0.2) is 0 Å². The first-order valence-corrected chi connectivity index (χ1v) is 8.84. The fourth-order valence-electron chi connectivity index (χ4n) is 2.66. The number of aromatic nitrogens is 2. The van der Waals surface area contributed by atoms with Crippen LogP contribution in [0.2, 0.25) is 0 Å². The zero-order valence-corrected chi connectivity index (χ0v) is 13.1. The summed E-state index contributed by atoms with van der Waals surface area (Å²) in [5, 5.41) is 17.4. The molecule has 1 N–H and O–H groups in total. The topological polar surface area (TPSA) is 109 Å². The number of nitrogens with zero attached hydrogens (tertiary/aromatic N) is 3. The number of nitro benzene ring substituents is 1. The number of nitrogens with one attached hydrogen (secondary N) is 1. The Labute approximate surface area is 133 Å². The Bertz CT molecular complexity index is 814. The Morgan fingerprint density at radius 2 is 2.04 bits per heavy atom. The van der Waals surface area contributed by atoms with Crippen LogP contribution in [-0.2, 0) is 22.9 Å². The largest absolute Gasteiger partial charge is 0.280 e. The van der Waals surface area contributed by atoms with Crippen molar-refractivity contribution in [1.29, 1.82) is 0 Å². The average Bonchev–Trinajstić information content (AvgIpc) is 3.01. The van der Waals surface area contributed by atoms with E-state index in [9.17, 15) is 18.5 Å². The van der Waals surface area contributed by atoms with E-state index >= 15 is 0 Å². The Kier molecular flexibility index (Phi) is 4.03. The van der Waals surface area contributed by atoms with E-state index in [1.165, 1.54) is 22.6 Å². The van der Waals surface area contributed by atoms with E-state index in [0.29, 0.717) is 18.7 Å². The minimum absolute atomic E-state index is 0.00400. The highest BCUT2D eigenvalue weighted by Crippen LogP contribution is 2.27. The number of hydrogen-bond donors (Lipinski definition) is 1. The molecule has 1 aromatic carbocycles. The number of anilines is 1. The molecule has 0 fully saturated rings. The van der Waals surface area contributed by atoms with Crippen molar-refractivity contribution >= 4 is 21.4 Å². The number of nitro groups is 1. The van der Waals surface area contributed by atoms with E-state index in [1.54, 1.807) is 12.1 Å². The summed E-state index contributed by atoms with van der Waals surface area (Å²) in [7, 11) is -3.45. The van der Waals surface area contributed by atoms with Crippen LogP contribution in [0.25, 0.3) is 0 Å². The summed E-state index contributed by atoms with van der Waals surface area (Å²) >= 11 is 0. The number of benzene rings is 1. The molecule has 0 amide bonds. The molecule has 122 valence electrons. The standard InChI is InChI=1S/C14H16N4O4S/c19-18(20)12-5-3-11(4-6-12)7-9-23(21,22)17-8-1-2-13-14(17)10-15-16-13/h3-6,10H,1-2,7-9H2,(H,15,16). The molecule has 1 aromatic heterocycles. The van der Waals surface area contributed by atoms with Crippen molar-refractivity contribution in [2.75, 3.05) is 16.6 Å². The third-order valence-electron chi connectivity index (χ3n) is 3.88. The minimum atomic E-state index is -3.45. The van der Waals surface area contributed by atoms with Gasteiger partial charge in [0.1, 0.15) is 0 Å². The molecule has 2 heterocycles. The van der Waals surface area contributed by atoms with E-state index in [1.807, 2.05) is 0 Å². The second-order valence-electron chi connectivity index (χ2n) is 5.40. The Morgan fingerprint density at radius 3 is 2.74 bits per heavy atom. The second-order valence-corrected chi connectivity index (χ2v) is 7.41. The van der Waals surface area contributed by atoms with Gasteiger partial charge in [0.05, 0.1) is 28.3 Å². The lowest BCUT2D eigenvalue weighted by molar-refractivity contribution is -0.384. The summed E-state index contributed by atoms with van der Waals surface area (Å²) in [6.45, 7) is 0.454. The van der Waals surface area contributed by atoms with Gasteiger partial charge in [-0.3, -0.25) is 19.5 Å². The van der Waals surface area contributed by atoms with Crippen molar-refractivity contribution < 1.29 is 13.3 Å². The Morgan fingerprint density at radius 1 is 1.30 bits per heavy atom. The second kappa shape index (κ2) is 5.99. The van der Waals surface area contributed by atoms with Crippen molar-refractivity contribution in [3.05, 3.63) is 51.8 Å². The van der Waals surface area contributed by atoms with Crippen molar-refractivity contribution in [2.45, 2.75) is 19.3 Å². The zero-order chi connectivity index (χ0) is 16.4. The predicted octanol–water partition coefficient (Wildman–Crippen LogP) is 1.64. The van der Waals surface area contributed by atoms with Crippen molar-refractivity contribution in [3.63, 3.8) is 0 Å². The summed E-state index contributed by atoms with van der Waals surface area (Å²) in [5.74, 6) is -0.0462. The first-order chi connectivity index (χ1) is 11.0. The molecule has 0 atom stereocenters. The van der Waals surface area contributed by atoms with Crippen LogP contribution < -0.4 is 4.31 Å². The molecule has 0 aliphatic carbocycles. The van der Waals surface area contributed by atoms with Crippen LogP contribution in [0.3, 0.4) is 0 Å². The van der Waals surface area contributed by atoms with Crippen LogP contribution in [-0.4, -0.2) is 35.8 Å². The van der Waals surface area contributed by atoms with Crippen LogP contribution in [0.4, 0.5) is 11.4 Å². The van der Waals surface area contributed by atoms with E-state index in [4.69, 9.17) is 0 Å². The van der Waals surface area contributed by atoms with Gasteiger partial charge in [-0.25, -0.2) is 8.42 Å². The lowest BCUT2D eigenvalue weighted by atomic mass is 10.1. The third kappa shape index (κ3) is 3.19. The molecule has 1 aliphatic heterocycles. The van der Waals surface area contributed by atoms with Crippen LogP contribution >= 0.6 is 0 Å². The maximum absolute atomic E-state index is 12.6. The zero-order valence-electron chi connectivity index (χ0n) is 12.3. The molecular formula is C14H16N4O4S. The molecule has 0 bridgehead atoms. The first kappa shape index (κ1) is 15.5. The number of aryl methyl sites for hydroxylation is 2. The van der Waals surface area contributed by atoms with Gasteiger partial charge in [0.2, 0.25) is 10.0 Å². The van der Waals surface area contributed by atoms with E-state index in [2.05, 4.69) is 10.2 Å². The molecule has 23 heavy (non-hydrogen) atoms. The highest BCUT2D eigenvalue weighted by atomic mass is 32.2. The van der Waals surface area contributed by atoms with E-state index < -0.39 is 14.9 Å². The number of fused-ring (bicyclic) bond motifs is 1. The lowest BCUT2D eigenvalue weighted by Crippen LogP contribution is -2.37. The highest BCUT2D eigenvalue weighted by Gasteiger charge is 2.28. The smallest absolute Gasteiger partial charge is 0.269 e. The van der Waals surface area contributed by atoms with Crippen LogP contribution in [0.1, 0.15) is 17.7 Å². The highest BCUT2D eigenvalue weighted by molar-refractivity contribution is 7.92. The molecule has 1 aliphatic rings. The predicted molar refractivity (Wildman–Crippen MR) is 84.8 cm³/mol. The van der Waals surface area contributed by atoms with Gasteiger partial charge >= 0.3 is 0 Å². The van der Waals surface area contributed by atoms with Gasteiger partial charge < -0.3 is 0 Å². The molecule has 0 spiro atoms. The number of non-ortho nitro benzene ring substituents is 1. The maximum atomic E-state index is 12.6. The number of aromatic amines is 1. The Hall–Kier alpha value is -2.42. The van der Waals surface area contributed by atoms with Crippen LogP contribution in [0.5, 0.6) is 0 Å². The maximum Gasteiger partial charge on any atom is 0.269 e. The molecule has 2 aromatic rings. The number of hydrogen-bond acceptors (Lipinski definition) is 5. The fraction of sp³-hybridized carbons (Fsp3) is 0.357. The van der Waals surface area contributed by atoms with Crippen LogP contribution in [0, 0.1) is 10.1 Å². The van der Waals surface area contributed by atoms with Gasteiger partial charge in [-0.1, -0.05) is 12.1 Å². The third-order valence-corrected chi connectivity index (χ3v) is 5.65. The van der Waals surface area contributed by atoms with Gasteiger partial charge in [-0.15, -0.1) is 0 Å². The number of sulfonamides is 1. The molecule has 8 nitrogen and oxygen atoms in total. The average molecular weight is 336 g/mol. The van der Waals surface area contributed by atoms with E-state index in [0.717, 1.165) is 24.1 Å². The summed E-state index contributed by atoms with van der Waals surface area (Å²) in [4.78, 5) is 10.1. The summed E-state index contributed by atoms with van der Waals surface area (Å²) in [5.41, 5.74) is 2.22. The van der Waals surface area contributed by atoms with Gasteiger partial charge in [0, 0.05) is 18.7 Å². The molecule has 0 radical (unpaired) electrons. The number of rotatable bonds is 5. The van der Waals surface area contributed by atoms with E-state index in [-0.39, 0.29) is 11.4 Å².